The molecule has 0 aliphatic heterocycles. The zero-order valence-electron chi connectivity index (χ0n) is 14.3. The van der Waals surface area contributed by atoms with Crippen LogP contribution >= 0.6 is 22.6 Å². The first-order chi connectivity index (χ1) is 12.9. The number of amides is 2. The number of phenolic OH excluding ortho intramolecular Hbond substituents is 1. The van der Waals surface area contributed by atoms with Crippen LogP contribution in [0.5, 0.6) is 11.5 Å². The van der Waals surface area contributed by atoms with Gasteiger partial charge in [0.25, 0.3) is 11.8 Å². The molecular weight excluding hydrogens is 468 g/mol. The summed E-state index contributed by atoms with van der Waals surface area (Å²) in [6.45, 7) is 1.88. The van der Waals surface area contributed by atoms with Crippen molar-refractivity contribution in [2.45, 2.75) is 6.92 Å². The summed E-state index contributed by atoms with van der Waals surface area (Å²) in [6, 6.07) is 8.40. The summed E-state index contributed by atoms with van der Waals surface area (Å²) < 4.78 is 19.0. The number of nitrogens with zero attached hydrogens (tertiary/aromatic N) is 1. The fourth-order valence-corrected chi connectivity index (χ4v) is 2.67. The highest BCUT2D eigenvalue weighted by molar-refractivity contribution is 14.1. The van der Waals surface area contributed by atoms with Gasteiger partial charge in [-0.1, -0.05) is 6.07 Å². The molecule has 0 aromatic heterocycles. The number of carbonyl (C=O) groups excluding carboxylic acids is 2. The number of halogens is 2. The van der Waals surface area contributed by atoms with Crippen molar-refractivity contribution in [2.24, 2.45) is 5.10 Å². The van der Waals surface area contributed by atoms with E-state index in [0.717, 1.165) is 6.07 Å². The summed E-state index contributed by atoms with van der Waals surface area (Å²) in [4.78, 5) is 23.6. The summed E-state index contributed by atoms with van der Waals surface area (Å²) >= 11 is 1.96. The Morgan fingerprint density at radius 2 is 2.11 bits per heavy atom. The van der Waals surface area contributed by atoms with Crippen LogP contribution in [0.25, 0.3) is 0 Å². The van der Waals surface area contributed by atoms with Crippen LogP contribution in [0.4, 0.5) is 4.39 Å². The van der Waals surface area contributed by atoms with Crippen LogP contribution in [-0.2, 0) is 4.79 Å². The molecule has 0 spiro atoms. The zero-order valence-corrected chi connectivity index (χ0v) is 16.5. The Kier molecular flexibility index (Phi) is 7.53. The molecule has 9 heteroatoms. The van der Waals surface area contributed by atoms with Gasteiger partial charge in [0.1, 0.15) is 5.82 Å². The number of benzene rings is 2. The second-order valence-corrected chi connectivity index (χ2v) is 6.43. The quantitative estimate of drug-likeness (QED) is 0.319. The molecule has 27 heavy (non-hydrogen) atoms. The largest absolute Gasteiger partial charge is 0.504 e. The van der Waals surface area contributed by atoms with Crippen molar-refractivity contribution in [2.75, 3.05) is 13.2 Å². The molecule has 2 aromatic carbocycles. The van der Waals surface area contributed by atoms with Gasteiger partial charge in [-0.05, 0) is 65.4 Å². The molecule has 0 bridgehead atoms. The van der Waals surface area contributed by atoms with Crippen molar-refractivity contribution in [1.29, 1.82) is 0 Å². The van der Waals surface area contributed by atoms with Crippen molar-refractivity contribution in [3.05, 3.63) is 56.9 Å². The third-order valence-electron chi connectivity index (χ3n) is 3.25. The molecule has 0 heterocycles. The minimum absolute atomic E-state index is 0.0405. The van der Waals surface area contributed by atoms with Crippen LogP contribution in [0.2, 0.25) is 0 Å². The zero-order chi connectivity index (χ0) is 19.8. The maximum absolute atomic E-state index is 13.1. The predicted molar refractivity (Wildman–Crippen MR) is 106 cm³/mol. The Labute approximate surface area is 168 Å². The van der Waals surface area contributed by atoms with Crippen molar-refractivity contribution < 1.29 is 23.8 Å². The molecule has 7 nitrogen and oxygen atoms in total. The van der Waals surface area contributed by atoms with E-state index in [1.165, 1.54) is 24.4 Å². The van der Waals surface area contributed by atoms with Crippen LogP contribution in [0.15, 0.2) is 41.5 Å². The van der Waals surface area contributed by atoms with Crippen LogP contribution in [-0.4, -0.2) is 36.3 Å². The van der Waals surface area contributed by atoms with Crippen LogP contribution < -0.4 is 15.5 Å². The molecule has 2 rings (SSSR count). The average Bonchev–Trinajstić information content (AvgIpc) is 2.64. The van der Waals surface area contributed by atoms with Gasteiger partial charge in [0.15, 0.2) is 11.5 Å². The van der Waals surface area contributed by atoms with Gasteiger partial charge in [-0.2, -0.15) is 5.10 Å². The van der Waals surface area contributed by atoms with E-state index in [1.807, 2.05) is 22.6 Å². The highest BCUT2D eigenvalue weighted by Gasteiger charge is 2.09. The van der Waals surface area contributed by atoms with Gasteiger partial charge < -0.3 is 15.2 Å². The van der Waals surface area contributed by atoms with Crippen molar-refractivity contribution >= 4 is 40.6 Å². The fraction of sp³-hybridized carbons (Fsp3) is 0.167. The Morgan fingerprint density at radius 1 is 1.33 bits per heavy atom. The molecule has 0 saturated carbocycles. The maximum atomic E-state index is 13.1. The minimum atomic E-state index is -0.567. The van der Waals surface area contributed by atoms with Crippen molar-refractivity contribution in [3.8, 4) is 11.5 Å². The van der Waals surface area contributed by atoms with Crippen molar-refractivity contribution in [3.63, 3.8) is 0 Å². The van der Waals surface area contributed by atoms with Gasteiger partial charge in [0.05, 0.1) is 22.9 Å². The summed E-state index contributed by atoms with van der Waals surface area (Å²) in [5.74, 6) is -1.29. The molecule has 0 saturated heterocycles. The smallest absolute Gasteiger partial charge is 0.259 e. The van der Waals surface area contributed by atoms with Gasteiger partial charge in [-0.15, -0.1) is 0 Å². The lowest BCUT2D eigenvalue weighted by molar-refractivity contribution is -0.120. The van der Waals surface area contributed by atoms with E-state index in [0.29, 0.717) is 21.5 Å². The van der Waals surface area contributed by atoms with Gasteiger partial charge in [-0.3, -0.25) is 9.59 Å². The predicted octanol–water partition coefficient (Wildman–Crippen LogP) is 2.41. The minimum Gasteiger partial charge on any atom is -0.504 e. The average molecular weight is 485 g/mol. The summed E-state index contributed by atoms with van der Waals surface area (Å²) in [7, 11) is 0. The second kappa shape index (κ2) is 9.86. The lowest BCUT2D eigenvalue weighted by atomic mass is 10.2. The lowest BCUT2D eigenvalue weighted by Crippen LogP contribution is -2.34. The fourth-order valence-electron chi connectivity index (χ4n) is 2.04. The van der Waals surface area contributed by atoms with Gasteiger partial charge in [0.2, 0.25) is 0 Å². The molecule has 2 amide bonds. The van der Waals surface area contributed by atoms with E-state index in [1.54, 1.807) is 19.1 Å². The van der Waals surface area contributed by atoms with E-state index in [9.17, 15) is 19.1 Å². The van der Waals surface area contributed by atoms with E-state index in [4.69, 9.17) is 4.74 Å². The highest BCUT2D eigenvalue weighted by atomic mass is 127. The molecule has 0 unspecified atom stereocenters. The molecule has 142 valence electrons. The first-order valence-electron chi connectivity index (χ1n) is 7.91. The number of hydrazone groups is 1. The monoisotopic (exact) mass is 485 g/mol. The Balaban J connectivity index is 1.89. The number of ether oxygens (including phenoxy) is 1. The topological polar surface area (TPSA) is 100 Å². The Bertz CT molecular complexity index is 874. The molecule has 0 radical (unpaired) electrons. The molecule has 0 atom stereocenters. The summed E-state index contributed by atoms with van der Waals surface area (Å²) in [6.07, 6.45) is 1.39. The number of nitrogens with one attached hydrogen (secondary N) is 2. The second-order valence-electron chi connectivity index (χ2n) is 5.27. The van der Waals surface area contributed by atoms with E-state index in [2.05, 4.69) is 15.8 Å². The van der Waals surface area contributed by atoms with E-state index >= 15 is 0 Å². The number of hydrogen-bond acceptors (Lipinski definition) is 5. The van der Waals surface area contributed by atoms with Crippen LogP contribution in [0.1, 0.15) is 22.8 Å². The molecule has 2 aromatic rings. The van der Waals surface area contributed by atoms with Crippen LogP contribution in [0, 0.1) is 9.39 Å². The molecule has 0 aliphatic rings. The van der Waals surface area contributed by atoms with Gasteiger partial charge in [-0.25, -0.2) is 9.82 Å². The molecule has 0 aliphatic carbocycles. The first kappa shape index (κ1) is 20.6. The normalized spacial score (nSPS) is 10.6. The SMILES string of the molecule is CCOc1cc(/C=N/NC(=O)CNC(=O)c2cccc(F)c2)cc(I)c1O. The van der Waals surface area contributed by atoms with Crippen molar-refractivity contribution in [1.82, 2.24) is 10.7 Å². The van der Waals surface area contributed by atoms with E-state index in [-0.39, 0.29) is 17.9 Å². The van der Waals surface area contributed by atoms with Crippen LogP contribution in [0.3, 0.4) is 0 Å². The molecule has 0 fully saturated rings. The third-order valence-corrected chi connectivity index (χ3v) is 4.07. The van der Waals surface area contributed by atoms with Gasteiger partial charge >= 0.3 is 0 Å². The number of aromatic hydroxyl groups is 1. The number of rotatable bonds is 7. The Morgan fingerprint density at radius 3 is 2.81 bits per heavy atom. The third kappa shape index (κ3) is 6.20. The summed E-state index contributed by atoms with van der Waals surface area (Å²) in [5.41, 5.74) is 3.01. The number of hydrogen-bond donors (Lipinski definition) is 3. The van der Waals surface area contributed by atoms with Gasteiger partial charge in [0, 0.05) is 5.56 Å². The number of phenols is 1. The highest BCUT2D eigenvalue weighted by Crippen LogP contribution is 2.32. The maximum Gasteiger partial charge on any atom is 0.259 e. The molecular formula is C18H17FIN3O4. The van der Waals surface area contributed by atoms with E-state index < -0.39 is 17.6 Å². The summed E-state index contributed by atoms with van der Waals surface area (Å²) in [5, 5.41) is 16.1. The standard InChI is InChI=1S/C18H17FIN3O4/c1-2-27-15-7-11(6-14(20)17(15)25)9-22-23-16(24)10-21-18(26)12-4-3-5-13(19)8-12/h3-9,25H,2,10H2,1H3,(H,21,26)(H,23,24)/b22-9+. The molecule has 3 N–H and O–H groups in total. The first-order valence-corrected chi connectivity index (χ1v) is 8.99. The lowest BCUT2D eigenvalue weighted by Gasteiger charge is -2.08. The number of carbonyl (C=O) groups is 2. The Hall–Kier alpha value is -2.69.